The molecule has 40 nitrogen and oxygen atoms in total. The monoisotopic (exact) mass is 1770 g/mol. The molecule has 0 bridgehead atoms. The minimum Gasteiger partial charge on any atom is -0.508 e. The van der Waals surface area contributed by atoms with Crippen molar-refractivity contribution in [2.45, 2.75) is 222 Å². The van der Waals surface area contributed by atoms with E-state index in [1.165, 1.54) is 59.3 Å². The third-order valence-electron chi connectivity index (χ3n) is 22.7. The van der Waals surface area contributed by atoms with Crippen LogP contribution in [0, 0.1) is 5.92 Å². The number of carboxylic acids is 1. The number of aliphatic carboxylic acids is 1. The highest BCUT2D eigenvalue weighted by Gasteiger charge is 2.46. The molecule has 126 heavy (non-hydrogen) atoms. The Labute approximate surface area is 732 Å². The lowest BCUT2D eigenvalue weighted by Gasteiger charge is -2.36. The Morgan fingerprint density at radius 3 is 1.68 bits per heavy atom. The highest BCUT2D eigenvalue weighted by molar-refractivity contribution is 8.00. The topological polar surface area (TPSA) is 591 Å². The van der Waals surface area contributed by atoms with Gasteiger partial charge in [0, 0.05) is 106 Å². The number of rotatable bonds is 21. The molecule has 3 saturated heterocycles. The van der Waals surface area contributed by atoms with Gasteiger partial charge in [-0.2, -0.15) is 0 Å². The second-order valence-electron chi connectivity index (χ2n) is 32.5. The Balaban J connectivity index is 1.16. The maximum Gasteiger partial charge on any atom is 0.305 e. The molecule has 0 radical (unpaired) electrons. The SMILES string of the molecule is CCCC[C@H]1C(=O)N(C)[C@@H](CCCC)C(=O)N[C@@H](C)C(=O)N[C@H](C(=O)NCC(N)=O)CSCC(=O)N[C@@H](Cc2ccc(O)cc2)C(=O)N(C)[C@@H](C)C(=O)N[C@@H](CC(=O)O)C(=O)N2CCC[C@H]2C(=O)N[C@@H](CN)C(=O)N[C@@H](CC(C)C)C(=O)N2C[C@H](O)C[C@H]2C(=O)N[C@@H](Cc2c[nH]c3ccccc23)C(=O)N[C@@H](CO)C(=O)N[C@@H](Cc2c[nH]c3ccccc23)C(=O)N1C. The number of carbonyl (C=O) groups excluding carboxylic acids is 16. The molecule has 2 aromatic heterocycles. The van der Waals surface area contributed by atoms with Crippen molar-refractivity contribution in [2.75, 3.05) is 65.4 Å². The van der Waals surface area contributed by atoms with E-state index in [1.54, 1.807) is 74.8 Å². The number of para-hydroxylation sites is 2. The number of aromatic amines is 2. The number of aromatic nitrogens is 2. The average Bonchev–Trinajstić information content (AvgIpc) is 1.71. The molecule has 20 N–H and O–H groups in total. The van der Waals surface area contributed by atoms with E-state index in [2.05, 4.69) is 63.1 Å². The summed E-state index contributed by atoms with van der Waals surface area (Å²) < 4.78 is 0. The molecule has 41 heteroatoms. The first-order chi connectivity index (χ1) is 59.9. The van der Waals surface area contributed by atoms with Crippen molar-refractivity contribution >= 4 is 134 Å². The van der Waals surface area contributed by atoms with Crippen LogP contribution in [-0.4, -0.2) is 312 Å². The standard InChI is InChI=1S/C85H119N19O21S/c1-10-12-23-65-78(118)91-46(5)72(112)99-64(74(114)90-40-69(87)108)43-126-44-70(109)92-59(32-48-26-28-51(106)29-27-48)81(121)100(7)47(6)73(113)94-61(36-71(110)111)83(123)103-30-18-25-66(103)79(119)97-62(37-86)76(116)95-58(31-45(3)4)84(124)104-41-52(107)35-68(104)80(120)93-57(33-49-38-88-55-21-16-14-19-53(49)55)75(115)98-63(42-105)77(117)96-60(34-50-39-89-56-22-17-15-20-54(50)56)82(122)102(9)67(24-13-11-2)85(125)101(65)8/h14-17,19-22,26-29,38-39,45-47,52,57-68,88-89,105-107H,10-13,18,23-25,30-37,40-44,86H2,1-9H3,(H2,87,108)(H,90,114)(H,91,118)(H,92,109)(H,93,120)(H,94,113)(H,95,116)(H,96,117)(H,97,119)(H,98,115)(H,99,112)(H,110,111)/t46-,47-,52+,57-,58-,59-,60-,61-,62-,63-,64-,65-,66-,67-,68-/m0/s1. The van der Waals surface area contributed by atoms with Crippen molar-refractivity contribution in [1.29, 1.82) is 0 Å². The quantitative estimate of drug-likeness (QED) is 0.0359. The molecule has 3 aromatic carbocycles. The van der Waals surface area contributed by atoms with Crippen molar-refractivity contribution in [1.82, 2.24) is 87.6 Å². The fraction of sp³-hybridized carbons (Fsp3) is 0.541. The van der Waals surface area contributed by atoms with E-state index in [4.69, 9.17) is 11.5 Å². The number of unbranched alkanes of at least 4 members (excludes halogenated alkanes) is 2. The summed E-state index contributed by atoms with van der Waals surface area (Å²) in [6, 6.07) is -2.13. The zero-order valence-electron chi connectivity index (χ0n) is 72.2. The zero-order chi connectivity index (χ0) is 92.5. The Hall–Kier alpha value is -12.2. The van der Waals surface area contributed by atoms with Crippen LogP contribution in [0.25, 0.3) is 21.8 Å². The van der Waals surface area contributed by atoms with Gasteiger partial charge in [0.05, 0.1) is 31.4 Å². The molecule has 0 saturated carbocycles. The molecule has 15 atom stereocenters. The zero-order valence-corrected chi connectivity index (χ0v) is 73.0. The number of aliphatic hydroxyl groups excluding tert-OH is 2. The smallest absolute Gasteiger partial charge is 0.305 e. The van der Waals surface area contributed by atoms with Crippen LogP contribution in [-0.2, 0) is 101 Å². The van der Waals surface area contributed by atoms with Gasteiger partial charge in [-0.3, -0.25) is 81.5 Å². The lowest BCUT2D eigenvalue weighted by Crippen LogP contribution is -2.62. The molecule has 8 rings (SSSR count). The fourth-order valence-electron chi connectivity index (χ4n) is 15.5. The second kappa shape index (κ2) is 46.6. The summed E-state index contributed by atoms with van der Waals surface area (Å²) in [6.45, 7) is 6.67. The molecule has 5 heterocycles. The van der Waals surface area contributed by atoms with E-state index in [9.17, 15) is 73.2 Å². The van der Waals surface area contributed by atoms with Crippen molar-refractivity contribution in [3.05, 3.63) is 102 Å². The summed E-state index contributed by atoms with van der Waals surface area (Å²) in [5.74, 6) is -18.1. The number of phenolic OH excluding ortho intramolecular Hbond substituents is 1. The van der Waals surface area contributed by atoms with Crippen LogP contribution in [0.5, 0.6) is 5.75 Å². The van der Waals surface area contributed by atoms with Crippen LogP contribution < -0.4 is 64.6 Å². The Bertz CT molecular complexity index is 4760. The van der Waals surface area contributed by atoms with Gasteiger partial charge in [0.2, 0.25) is 94.5 Å². The number of amides is 16. The number of hydrogen-bond acceptors (Lipinski definition) is 22. The van der Waals surface area contributed by atoms with Crippen LogP contribution in [0.3, 0.4) is 0 Å². The molecule has 3 aliphatic rings. The lowest BCUT2D eigenvalue weighted by atomic mass is 10.00. The fourth-order valence-corrected chi connectivity index (χ4v) is 16.4. The highest BCUT2D eigenvalue weighted by atomic mass is 32.2. The molecule has 5 aromatic rings. The number of nitrogens with zero attached hydrogens (tertiary/aromatic N) is 5. The van der Waals surface area contributed by atoms with E-state index in [-0.39, 0.29) is 76.0 Å². The summed E-state index contributed by atoms with van der Waals surface area (Å²) in [5, 5.41) is 69.7. The normalized spacial score (nSPS) is 25.8. The third-order valence-corrected chi connectivity index (χ3v) is 23.7. The van der Waals surface area contributed by atoms with Gasteiger partial charge in [0.25, 0.3) is 0 Å². The Kier molecular flexibility index (Phi) is 36.7. The number of H-pyrrole nitrogens is 2. The minimum atomic E-state index is -1.88. The van der Waals surface area contributed by atoms with Gasteiger partial charge < -0.3 is 120 Å². The van der Waals surface area contributed by atoms with Gasteiger partial charge in [-0.05, 0) is 92.8 Å². The Morgan fingerprint density at radius 2 is 1.09 bits per heavy atom. The largest absolute Gasteiger partial charge is 0.508 e. The first kappa shape index (κ1) is 99.2. The molecule has 16 amide bonds. The summed E-state index contributed by atoms with van der Waals surface area (Å²) in [6.07, 6.45) is 1.44. The van der Waals surface area contributed by atoms with E-state index in [1.807, 2.05) is 13.8 Å². The molecule has 3 aliphatic heterocycles. The first-order valence-electron chi connectivity index (χ1n) is 42.2. The number of likely N-dealkylation sites (N-methyl/N-ethyl adjacent to an activating group) is 3. The molecule has 3 fully saturated rings. The van der Waals surface area contributed by atoms with Crippen LogP contribution >= 0.6 is 11.8 Å². The highest BCUT2D eigenvalue weighted by Crippen LogP contribution is 2.28. The molecular weight excluding hydrogens is 1660 g/mol. The molecule has 686 valence electrons. The maximum atomic E-state index is 15.6. The van der Waals surface area contributed by atoms with E-state index < -0.39 is 235 Å². The van der Waals surface area contributed by atoms with Crippen molar-refractivity contribution in [2.24, 2.45) is 17.4 Å². The predicted octanol–water partition coefficient (Wildman–Crippen LogP) is -2.58. The van der Waals surface area contributed by atoms with Crippen molar-refractivity contribution < 1.29 is 102 Å². The van der Waals surface area contributed by atoms with Gasteiger partial charge in [0.15, 0.2) is 0 Å². The number of aromatic hydroxyl groups is 1. The average molecular weight is 1780 g/mol. The summed E-state index contributed by atoms with van der Waals surface area (Å²) in [7, 11) is 3.89. The van der Waals surface area contributed by atoms with Crippen LogP contribution in [0.4, 0.5) is 0 Å². The number of benzene rings is 3. The van der Waals surface area contributed by atoms with E-state index in [0.29, 0.717) is 64.2 Å². The number of primary amides is 1. The first-order valence-corrected chi connectivity index (χ1v) is 43.4. The maximum absolute atomic E-state index is 15.6. The second-order valence-corrected chi connectivity index (χ2v) is 33.6. The molecule has 0 unspecified atom stereocenters. The number of carboxylic acid groups (broad SMARTS) is 1. The number of nitrogens with one attached hydrogen (secondary N) is 12. The van der Waals surface area contributed by atoms with Crippen LogP contribution in [0.15, 0.2) is 85.2 Å². The van der Waals surface area contributed by atoms with E-state index >= 15 is 28.8 Å². The van der Waals surface area contributed by atoms with Crippen LogP contribution in [0.1, 0.15) is 129 Å². The van der Waals surface area contributed by atoms with Crippen molar-refractivity contribution in [3.63, 3.8) is 0 Å². The van der Waals surface area contributed by atoms with Gasteiger partial charge in [0.1, 0.15) is 90.3 Å². The number of carbonyl (C=O) groups is 17. The summed E-state index contributed by atoms with van der Waals surface area (Å²) in [5.41, 5.74) is 14.2. The lowest BCUT2D eigenvalue weighted by molar-refractivity contribution is -0.149. The number of thioether (sulfide) groups is 1. The third kappa shape index (κ3) is 26.7. The molecule has 0 aliphatic carbocycles. The number of phenols is 1. The predicted molar refractivity (Wildman–Crippen MR) is 462 cm³/mol. The summed E-state index contributed by atoms with van der Waals surface area (Å²) in [4.78, 5) is 257. The van der Waals surface area contributed by atoms with E-state index in [0.717, 1.165) is 36.3 Å². The minimum absolute atomic E-state index is 0.0177. The van der Waals surface area contributed by atoms with Gasteiger partial charge >= 0.3 is 5.97 Å². The molecular formula is C85H119N19O21S. The number of hydrogen-bond donors (Lipinski definition) is 18. The summed E-state index contributed by atoms with van der Waals surface area (Å²) >= 11 is 0.771. The van der Waals surface area contributed by atoms with Gasteiger partial charge in [-0.25, -0.2) is 0 Å². The van der Waals surface area contributed by atoms with Crippen LogP contribution in [0.2, 0.25) is 0 Å². The van der Waals surface area contributed by atoms with Gasteiger partial charge in [-0.15, -0.1) is 11.8 Å². The number of nitrogens with two attached hydrogens (primary N) is 2. The number of fused-ring (bicyclic) bond motifs is 4. The number of aliphatic hydroxyl groups is 2. The Morgan fingerprint density at radius 1 is 0.563 bits per heavy atom. The molecule has 0 spiro atoms. The van der Waals surface area contributed by atoms with Gasteiger partial charge in [-0.1, -0.05) is 102 Å². The van der Waals surface area contributed by atoms with Crippen molar-refractivity contribution in [3.8, 4) is 5.75 Å².